The molecule has 10 rings (SSSR count). The minimum absolute atomic E-state index is 0.577. The first-order valence-electron chi connectivity index (χ1n) is 15.7. The number of benzene rings is 7. The van der Waals surface area contributed by atoms with Gasteiger partial charge in [0.25, 0.3) is 0 Å². The Bertz CT molecular complexity index is 2370. The van der Waals surface area contributed by atoms with Crippen LogP contribution in [0.1, 0.15) is 22.3 Å². The van der Waals surface area contributed by atoms with Crippen LogP contribution in [0.15, 0.2) is 168 Å². The smallest absolute Gasteiger partial charge is 0.136 e. The third kappa shape index (κ3) is 3.37. The molecule has 0 bridgehead atoms. The molecule has 1 aliphatic heterocycles. The lowest BCUT2D eigenvalue weighted by Gasteiger charge is -2.40. The molecule has 0 saturated heterocycles. The molecular formula is C43H27NO2. The van der Waals surface area contributed by atoms with E-state index in [9.17, 15) is 0 Å². The lowest BCUT2D eigenvalue weighted by Crippen LogP contribution is -2.32. The van der Waals surface area contributed by atoms with Gasteiger partial charge in [-0.3, -0.25) is 0 Å². The van der Waals surface area contributed by atoms with Gasteiger partial charge in [-0.05, 0) is 70.8 Å². The quantitative estimate of drug-likeness (QED) is 0.205. The monoisotopic (exact) mass is 589 g/mol. The minimum atomic E-state index is -0.577. The van der Waals surface area contributed by atoms with Crippen molar-refractivity contribution in [2.45, 2.75) is 5.41 Å². The summed E-state index contributed by atoms with van der Waals surface area (Å²) in [5.74, 6) is 1.70. The van der Waals surface area contributed by atoms with Crippen LogP contribution in [-0.4, -0.2) is 0 Å². The van der Waals surface area contributed by atoms with Gasteiger partial charge >= 0.3 is 0 Å². The summed E-state index contributed by atoms with van der Waals surface area (Å²) >= 11 is 0. The number of hydrogen-bond donors (Lipinski definition) is 0. The number of furan rings is 1. The Morgan fingerprint density at radius 1 is 0.391 bits per heavy atom. The van der Waals surface area contributed by atoms with Gasteiger partial charge in [0.1, 0.15) is 22.7 Å². The molecule has 0 radical (unpaired) electrons. The summed E-state index contributed by atoms with van der Waals surface area (Å²) < 4.78 is 13.5. The highest BCUT2D eigenvalue weighted by Gasteiger charge is 2.51. The fourth-order valence-electron chi connectivity index (χ4n) is 7.85. The summed E-state index contributed by atoms with van der Waals surface area (Å²) in [6, 6.07) is 58.0. The van der Waals surface area contributed by atoms with E-state index < -0.39 is 5.41 Å². The van der Waals surface area contributed by atoms with E-state index in [0.717, 1.165) is 61.6 Å². The molecule has 3 heteroatoms. The van der Waals surface area contributed by atoms with Crippen molar-refractivity contribution in [3.8, 4) is 22.6 Å². The maximum atomic E-state index is 7.01. The van der Waals surface area contributed by atoms with E-state index in [4.69, 9.17) is 9.15 Å². The van der Waals surface area contributed by atoms with Gasteiger partial charge < -0.3 is 14.1 Å². The molecule has 1 aromatic heterocycles. The van der Waals surface area contributed by atoms with Gasteiger partial charge in [0, 0.05) is 45.0 Å². The molecular weight excluding hydrogens is 562 g/mol. The molecule has 0 saturated carbocycles. The number of hydrogen-bond acceptors (Lipinski definition) is 3. The van der Waals surface area contributed by atoms with Crippen molar-refractivity contribution in [2.24, 2.45) is 0 Å². The predicted molar refractivity (Wildman–Crippen MR) is 186 cm³/mol. The number of rotatable bonds is 3. The van der Waals surface area contributed by atoms with E-state index in [0.29, 0.717) is 0 Å². The zero-order valence-corrected chi connectivity index (χ0v) is 24.9. The van der Waals surface area contributed by atoms with Crippen molar-refractivity contribution in [1.29, 1.82) is 0 Å². The van der Waals surface area contributed by atoms with Crippen molar-refractivity contribution >= 4 is 39.0 Å². The van der Waals surface area contributed by atoms with Crippen LogP contribution in [0.5, 0.6) is 11.5 Å². The average Bonchev–Trinajstić information content (AvgIpc) is 3.62. The SMILES string of the molecule is c1ccc(N(c2ccccc2)c2ccc3c(c2)Oc2cc4c(cc2C32c3ccccc3-c3ccccc32)oc2ccccc24)cc1. The zero-order valence-electron chi connectivity index (χ0n) is 24.9. The highest BCUT2D eigenvalue weighted by Crippen LogP contribution is 2.63. The summed E-state index contributed by atoms with van der Waals surface area (Å²) in [7, 11) is 0. The van der Waals surface area contributed by atoms with Crippen LogP contribution in [0, 0.1) is 0 Å². The van der Waals surface area contributed by atoms with Crippen LogP contribution < -0.4 is 9.64 Å². The molecule has 0 fully saturated rings. The Hall–Kier alpha value is -6.06. The van der Waals surface area contributed by atoms with Crippen LogP contribution in [0.3, 0.4) is 0 Å². The second kappa shape index (κ2) is 9.47. The van der Waals surface area contributed by atoms with Crippen LogP contribution in [0.25, 0.3) is 33.1 Å². The Morgan fingerprint density at radius 2 is 0.978 bits per heavy atom. The summed E-state index contributed by atoms with van der Waals surface area (Å²) in [6.45, 7) is 0. The first kappa shape index (κ1) is 25.3. The van der Waals surface area contributed by atoms with Gasteiger partial charge in [0.15, 0.2) is 0 Å². The van der Waals surface area contributed by atoms with E-state index in [1.807, 2.05) is 12.1 Å². The van der Waals surface area contributed by atoms with Gasteiger partial charge in [-0.1, -0.05) is 109 Å². The first-order chi connectivity index (χ1) is 22.8. The molecule has 7 aromatic carbocycles. The van der Waals surface area contributed by atoms with Crippen LogP contribution in [0.2, 0.25) is 0 Å². The maximum absolute atomic E-state index is 7.01. The molecule has 3 nitrogen and oxygen atoms in total. The van der Waals surface area contributed by atoms with Crippen molar-refractivity contribution in [3.63, 3.8) is 0 Å². The number of fused-ring (bicyclic) bond motifs is 12. The zero-order chi connectivity index (χ0) is 30.2. The highest BCUT2D eigenvalue weighted by atomic mass is 16.5. The van der Waals surface area contributed by atoms with Crippen LogP contribution in [-0.2, 0) is 5.41 Å². The Balaban J connectivity index is 1.29. The van der Waals surface area contributed by atoms with Gasteiger partial charge in [-0.25, -0.2) is 0 Å². The molecule has 1 aliphatic carbocycles. The van der Waals surface area contributed by atoms with Gasteiger partial charge in [-0.2, -0.15) is 0 Å². The lowest BCUT2D eigenvalue weighted by atomic mass is 9.66. The van der Waals surface area contributed by atoms with E-state index in [2.05, 4.69) is 157 Å². The maximum Gasteiger partial charge on any atom is 0.136 e. The largest absolute Gasteiger partial charge is 0.457 e. The third-order valence-corrected chi connectivity index (χ3v) is 9.71. The van der Waals surface area contributed by atoms with E-state index in [1.165, 1.54) is 22.3 Å². The summed E-state index contributed by atoms with van der Waals surface area (Å²) in [5, 5.41) is 2.14. The molecule has 2 aliphatic rings. The molecule has 0 unspecified atom stereocenters. The van der Waals surface area contributed by atoms with Crippen LogP contribution >= 0.6 is 0 Å². The molecule has 0 atom stereocenters. The Kier molecular flexibility index (Phi) is 5.20. The Morgan fingerprint density at radius 3 is 1.67 bits per heavy atom. The number of nitrogens with zero attached hydrogens (tertiary/aromatic N) is 1. The fourth-order valence-corrected chi connectivity index (χ4v) is 7.85. The second-order valence-electron chi connectivity index (χ2n) is 12.1. The molecule has 0 N–H and O–H groups in total. The van der Waals surface area contributed by atoms with Gasteiger partial charge in [-0.15, -0.1) is 0 Å². The van der Waals surface area contributed by atoms with Gasteiger partial charge in [0.2, 0.25) is 0 Å². The van der Waals surface area contributed by atoms with Crippen LogP contribution in [0.4, 0.5) is 17.1 Å². The summed E-state index contributed by atoms with van der Waals surface area (Å²) in [6.07, 6.45) is 0. The number of anilines is 3. The molecule has 8 aromatic rings. The number of para-hydroxylation sites is 3. The Labute approximate surface area is 266 Å². The van der Waals surface area contributed by atoms with E-state index >= 15 is 0 Å². The molecule has 216 valence electrons. The summed E-state index contributed by atoms with van der Waals surface area (Å²) in [5.41, 5.74) is 11.6. The predicted octanol–water partition coefficient (Wildman–Crippen LogP) is 11.5. The second-order valence-corrected chi connectivity index (χ2v) is 12.1. The van der Waals surface area contributed by atoms with E-state index in [-0.39, 0.29) is 0 Å². The first-order valence-corrected chi connectivity index (χ1v) is 15.7. The summed E-state index contributed by atoms with van der Waals surface area (Å²) in [4.78, 5) is 2.29. The standard InChI is InChI=1S/C43H27NO2/c1-3-13-28(14-4-1)44(29-15-5-2-6-16-29)30-23-24-37-41(25-30)46-42-26-34-33-19-9-12-22-39(33)45-40(34)27-38(42)43(37)35-20-10-7-17-31(35)32-18-8-11-21-36(32)43/h1-27H. The van der Waals surface area contributed by atoms with Crippen molar-refractivity contribution in [3.05, 3.63) is 186 Å². The molecule has 46 heavy (non-hydrogen) atoms. The van der Waals surface area contributed by atoms with E-state index in [1.54, 1.807) is 0 Å². The highest BCUT2D eigenvalue weighted by molar-refractivity contribution is 6.06. The van der Waals surface area contributed by atoms with Crippen molar-refractivity contribution in [2.75, 3.05) is 4.90 Å². The van der Waals surface area contributed by atoms with Gasteiger partial charge in [0.05, 0.1) is 5.41 Å². The third-order valence-electron chi connectivity index (χ3n) is 9.71. The molecule has 0 amide bonds. The fraction of sp³-hybridized carbons (Fsp3) is 0.0233. The lowest BCUT2D eigenvalue weighted by molar-refractivity contribution is 0.437. The average molecular weight is 590 g/mol. The minimum Gasteiger partial charge on any atom is -0.457 e. The number of ether oxygens (including phenoxy) is 1. The van der Waals surface area contributed by atoms with Crippen molar-refractivity contribution in [1.82, 2.24) is 0 Å². The molecule has 2 heterocycles. The normalized spacial score (nSPS) is 13.6. The topological polar surface area (TPSA) is 25.6 Å². The van der Waals surface area contributed by atoms with Crippen molar-refractivity contribution < 1.29 is 9.15 Å². The molecule has 1 spiro atoms.